The van der Waals surface area contributed by atoms with E-state index in [1.165, 1.54) is 0 Å². The normalized spacial score (nSPS) is 11.2. The molecule has 0 aromatic heterocycles. The molecule has 4 nitrogen and oxygen atoms in total. The Balaban J connectivity index is 2.73. The molecular formula is C14H21ClN2O2. The molecule has 0 aliphatic carbocycles. The summed E-state index contributed by atoms with van der Waals surface area (Å²) in [6, 6.07) is 5.59. The van der Waals surface area contributed by atoms with Gasteiger partial charge in [0.25, 0.3) is 0 Å². The van der Waals surface area contributed by atoms with Gasteiger partial charge >= 0.3 is 6.09 Å². The number of likely N-dealkylation sites (N-methyl/N-ethyl adjacent to an activating group) is 1. The van der Waals surface area contributed by atoms with E-state index in [1.54, 1.807) is 6.07 Å². The third-order valence-electron chi connectivity index (χ3n) is 2.33. The lowest BCUT2D eigenvalue weighted by Gasteiger charge is -2.20. The summed E-state index contributed by atoms with van der Waals surface area (Å²) in [4.78, 5) is 11.7. The summed E-state index contributed by atoms with van der Waals surface area (Å²) in [5.74, 6) is 0. The zero-order valence-electron chi connectivity index (χ0n) is 11.8. The monoisotopic (exact) mass is 284 g/mol. The Morgan fingerprint density at radius 3 is 2.63 bits per heavy atom. The summed E-state index contributed by atoms with van der Waals surface area (Å²) in [5, 5.41) is 6.25. The second-order valence-corrected chi connectivity index (χ2v) is 5.70. The fourth-order valence-electron chi connectivity index (χ4n) is 1.51. The number of halogens is 1. The van der Waals surface area contributed by atoms with Crippen molar-refractivity contribution >= 4 is 23.4 Å². The zero-order chi connectivity index (χ0) is 14.5. The second kappa shape index (κ2) is 6.78. The second-order valence-electron chi connectivity index (χ2n) is 5.29. The van der Waals surface area contributed by atoms with Gasteiger partial charge in [-0.25, -0.2) is 4.79 Å². The lowest BCUT2D eigenvalue weighted by molar-refractivity contribution is 0.0636. The van der Waals surface area contributed by atoms with Crippen LogP contribution in [0.25, 0.3) is 0 Å². The highest BCUT2D eigenvalue weighted by molar-refractivity contribution is 6.33. The number of ether oxygens (including phenoxy) is 1. The standard InChI is InChI=1S/C14H21ClN2O2/c1-14(2,3)19-13(18)17-12-9-10(7-8-16-4)5-6-11(12)15/h5-6,9,16H,7-8H2,1-4H3,(H,17,18). The predicted molar refractivity (Wildman–Crippen MR) is 78.9 cm³/mol. The molecule has 0 radical (unpaired) electrons. The quantitative estimate of drug-likeness (QED) is 0.890. The molecule has 0 bridgehead atoms. The first kappa shape index (κ1) is 15.8. The van der Waals surface area contributed by atoms with E-state index >= 15 is 0 Å². The van der Waals surface area contributed by atoms with Crippen molar-refractivity contribution in [3.05, 3.63) is 28.8 Å². The van der Waals surface area contributed by atoms with Crippen molar-refractivity contribution < 1.29 is 9.53 Å². The van der Waals surface area contributed by atoms with Crippen LogP contribution < -0.4 is 10.6 Å². The van der Waals surface area contributed by atoms with Crippen molar-refractivity contribution in [1.82, 2.24) is 5.32 Å². The van der Waals surface area contributed by atoms with Crippen molar-refractivity contribution in [3.63, 3.8) is 0 Å². The van der Waals surface area contributed by atoms with Crippen molar-refractivity contribution in [1.29, 1.82) is 0 Å². The number of carbonyl (C=O) groups excluding carboxylic acids is 1. The summed E-state index contributed by atoms with van der Waals surface area (Å²) < 4.78 is 5.20. The molecule has 0 aliphatic heterocycles. The van der Waals surface area contributed by atoms with E-state index < -0.39 is 11.7 Å². The van der Waals surface area contributed by atoms with Crippen LogP contribution >= 0.6 is 11.6 Å². The Kier molecular flexibility index (Phi) is 5.63. The van der Waals surface area contributed by atoms with E-state index in [2.05, 4.69) is 10.6 Å². The summed E-state index contributed by atoms with van der Waals surface area (Å²) in [6.07, 6.45) is 0.372. The van der Waals surface area contributed by atoms with E-state index in [0.717, 1.165) is 18.5 Å². The Labute approximate surface area is 119 Å². The number of benzene rings is 1. The van der Waals surface area contributed by atoms with Gasteiger partial charge in [-0.2, -0.15) is 0 Å². The fourth-order valence-corrected chi connectivity index (χ4v) is 1.67. The maximum atomic E-state index is 11.7. The minimum Gasteiger partial charge on any atom is -0.444 e. The van der Waals surface area contributed by atoms with Gasteiger partial charge in [0.05, 0.1) is 10.7 Å². The highest BCUT2D eigenvalue weighted by Crippen LogP contribution is 2.24. The molecular weight excluding hydrogens is 264 g/mol. The third-order valence-corrected chi connectivity index (χ3v) is 2.66. The number of amides is 1. The van der Waals surface area contributed by atoms with Crippen molar-refractivity contribution in [2.24, 2.45) is 0 Å². The van der Waals surface area contributed by atoms with Crippen LogP contribution in [-0.2, 0) is 11.2 Å². The number of rotatable bonds is 4. The molecule has 0 saturated heterocycles. The van der Waals surface area contributed by atoms with Crippen LogP contribution in [0.2, 0.25) is 5.02 Å². The molecule has 5 heteroatoms. The molecule has 0 aliphatic rings. The third kappa shape index (κ3) is 5.94. The average molecular weight is 285 g/mol. The summed E-state index contributed by atoms with van der Waals surface area (Å²) in [7, 11) is 1.90. The SMILES string of the molecule is CNCCc1ccc(Cl)c(NC(=O)OC(C)(C)C)c1. The first-order valence-corrected chi connectivity index (χ1v) is 6.62. The largest absolute Gasteiger partial charge is 0.444 e. The molecule has 0 spiro atoms. The van der Waals surface area contributed by atoms with Crippen LogP contribution in [0.3, 0.4) is 0 Å². The molecule has 1 aromatic rings. The van der Waals surface area contributed by atoms with Crippen LogP contribution in [0.15, 0.2) is 18.2 Å². The number of hydrogen-bond acceptors (Lipinski definition) is 3. The smallest absolute Gasteiger partial charge is 0.412 e. The lowest BCUT2D eigenvalue weighted by atomic mass is 10.1. The fraction of sp³-hybridized carbons (Fsp3) is 0.500. The first-order valence-electron chi connectivity index (χ1n) is 6.25. The topological polar surface area (TPSA) is 50.4 Å². The van der Waals surface area contributed by atoms with Crippen LogP contribution in [0.1, 0.15) is 26.3 Å². The lowest BCUT2D eigenvalue weighted by Crippen LogP contribution is -2.27. The minimum atomic E-state index is -0.527. The molecule has 2 N–H and O–H groups in total. The molecule has 0 saturated carbocycles. The molecule has 1 aromatic carbocycles. The van der Waals surface area contributed by atoms with E-state index in [9.17, 15) is 4.79 Å². The first-order chi connectivity index (χ1) is 8.81. The van der Waals surface area contributed by atoms with E-state index in [4.69, 9.17) is 16.3 Å². The molecule has 106 valence electrons. The van der Waals surface area contributed by atoms with Gasteiger partial charge in [-0.15, -0.1) is 0 Å². The number of hydrogen-bond donors (Lipinski definition) is 2. The molecule has 0 unspecified atom stereocenters. The van der Waals surface area contributed by atoms with Crippen molar-refractivity contribution in [2.75, 3.05) is 18.9 Å². The number of anilines is 1. The van der Waals surface area contributed by atoms with Gasteiger partial charge in [-0.3, -0.25) is 5.32 Å². The number of nitrogens with one attached hydrogen (secondary N) is 2. The maximum absolute atomic E-state index is 11.7. The van der Waals surface area contributed by atoms with Crippen LogP contribution in [0.4, 0.5) is 10.5 Å². The van der Waals surface area contributed by atoms with Gasteiger partial charge in [-0.05, 0) is 58.5 Å². The minimum absolute atomic E-state index is 0.499. The van der Waals surface area contributed by atoms with Gasteiger partial charge in [-0.1, -0.05) is 17.7 Å². The summed E-state index contributed by atoms with van der Waals surface area (Å²) in [5.41, 5.74) is 1.15. The molecule has 1 amide bonds. The molecule has 1 rings (SSSR count). The highest BCUT2D eigenvalue weighted by atomic mass is 35.5. The molecule has 0 heterocycles. The Morgan fingerprint density at radius 2 is 2.05 bits per heavy atom. The molecule has 19 heavy (non-hydrogen) atoms. The van der Waals surface area contributed by atoms with Crippen LogP contribution in [0.5, 0.6) is 0 Å². The van der Waals surface area contributed by atoms with Crippen LogP contribution in [-0.4, -0.2) is 25.3 Å². The Bertz CT molecular complexity index is 442. The van der Waals surface area contributed by atoms with E-state index in [1.807, 2.05) is 40.0 Å². The van der Waals surface area contributed by atoms with Crippen molar-refractivity contribution in [3.8, 4) is 0 Å². The van der Waals surface area contributed by atoms with E-state index in [0.29, 0.717) is 10.7 Å². The van der Waals surface area contributed by atoms with Gasteiger partial charge in [0.2, 0.25) is 0 Å². The van der Waals surface area contributed by atoms with Gasteiger partial charge in [0, 0.05) is 0 Å². The zero-order valence-corrected chi connectivity index (χ0v) is 12.6. The molecule has 0 atom stereocenters. The Hall–Kier alpha value is -1.26. The number of carbonyl (C=O) groups is 1. The Morgan fingerprint density at radius 1 is 1.37 bits per heavy atom. The van der Waals surface area contributed by atoms with E-state index in [-0.39, 0.29) is 0 Å². The van der Waals surface area contributed by atoms with Gasteiger partial charge < -0.3 is 10.1 Å². The highest BCUT2D eigenvalue weighted by Gasteiger charge is 2.17. The maximum Gasteiger partial charge on any atom is 0.412 e. The summed E-state index contributed by atoms with van der Waals surface area (Å²) >= 11 is 6.06. The predicted octanol–water partition coefficient (Wildman–Crippen LogP) is 3.45. The molecule has 0 fully saturated rings. The van der Waals surface area contributed by atoms with Crippen molar-refractivity contribution in [2.45, 2.75) is 32.8 Å². The summed E-state index contributed by atoms with van der Waals surface area (Å²) in [6.45, 7) is 6.32. The average Bonchev–Trinajstić information content (AvgIpc) is 2.27. The van der Waals surface area contributed by atoms with Crippen LogP contribution in [0, 0.1) is 0 Å². The van der Waals surface area contributed by atoms with Gasteiger partial charge in [0.15, 0.2) is 0 Å². The van der Waals surface area contributed by atoms with Gasteiger partial charge in [0.1, 0.15) is 5.60 Å².